The van der Waals surface area contributed by atoms with E-state index in [4.69, 9.17) is 17.3 Å². The summed E-state index contributed by atoms with van der Waals surface area (Å²) in [4.78, 5) is 0. The topological polar surface area (TPSA) is 38.0 Å². The summed E-state index contributed by atoms with van der Waals surface area (Å²) < 4.78 is 0. The Bertz CT molecular complexity index is 364. The minimum Gasteiger partial charge on any atom is -0.398 e. The Hall–Kier alpha value is -0.890. The highest BCUT2D eigenvalue weighted by Gasteiger charge is 2.02. The van der Waals surface area contributed by atoms with Crippen molar-refractivity contribution in [3.63, 3.8) is 0 Å². The van der Waals surface area contributed by atoms with Crippen molar-refractivity contribution in [2.24, 2.45) is 0 Å². The molecule has 1 aromatic carbocycles. The molecule has 0 aliphatic heterocycles. The van der Waals surface area contributed by atoms with Gasteiger partial charge in [0.05, 0.1) is 10.7 Å². The van der Waals surface area contributed by atoms with Gasteiger partial charge in [0.25, 0.3) is 0 Å². The van der Waals surface area contributed by atoms with Crippen molar-refractivity contribution in [1.82, 2.24) is 0 Å². The van der Waals surface area contributed by atoms with Crippen LogP contribution in [0, 0.1) is 6.92 Å². The summed E-state index contributed by atoms with van der Waals surface area (Å²) in [6.07, 6.45) is 7.89. The van der Waals surface area contributed by atoms with E-state index in [1.165, 1.54) is 38.5 Å². The summed E-state index contributed by atoms with van der Waals surface area (Å²) in [6, 6.07) is 3.84. The van der Waals surface area contributed by atoms with Crippen LogP contribution in [0.4, 0.5) is 11.4 Å². The van der Waals surface area contributed by atoms with Gasteiger partial charge < -0.3 is 11.1 Å². The summed E-state index contributed by atoms with van der Waals surface area (Å²) in [5.74, 6) is 0. The number of nitrogen functional groups attached to an aromatic ring is 1. The Balaban J connectivity index is 2.25. The average molecular weight is 269 g/mol. The number of anilines is 2. The SMILES string of the molecule is CCCCCCCCNc1cc(Cl)c(N)cc1C. The quantitative estimate of drug-likeness (QED) is 0.514. The summed E-state index contributed by atoms with van der Waals surface area (Å²) in [5.41, 5.74) is 8.66. The molecule has 0 atom stereocenters. The van der Waals surface area contributed by atoms with Gasteiger partial charge in [0.15, 0.2) is 0 Å². The molecule has 1 aromatic rings. The van der Waals surface area contributed by atoms with Gasteiger partial charge in [-0.2, -0.15) is 0 Å². The van der Waals surface area contributed by atoms with Gasteiger partial charge in [-0.05, 0) is 31.0 Å². The number of rotatable bonds is 8. The number of unbranched alkanes of at least 4 members (excludes halogenated alkanes) is 5. The molecule has 0 heterocycles. The minimum absolute atomic E-state index is 0.631. The zero-order valence-electron chi connectivity index (χ0n) is 11.6. The molecule has 3 heteroatoms. The maximum absolute atomic E-state index is 6.02. The van der Waals surface area contributed by atoms with Crippen molar-refractivity contribution in [2.75, 3.05) is 17.6 Å². The molecule has 0 bridgehead atoms. The molecular formula is C15H25ClN2. The van der Waals surface area contributed by atoms with Crippen molar-refractivity contribution in [1.29, 1.82) is 0 Å². The van der Waals surface area contributed by atoms with Crippen LogP contribution < -0.4 is 11.1 Å². The van der Waals surface area contributed by atoms with E-state index in [-0.39, 0.29) is 0 Å². The summed E-state index contributed by atoms with van der Waals surface area (Å²) in [7, 11) is 0. The lowest BCUT2D eigenvalue weighted by Crippen LogP contribution is -2.03. The van der Waals surface area contributed by atoms with Gasteiger partial charge in [-0.1, -0.05) is 50.6 Å². The summed E-state index contributed by atoms with van der Waals surface area (Å²) in [6.45, 7) is 5.30. The third-order valence-electron chi connectivity index (χ3n) is 3.19. The van der Waals surface area contributed by atoms with E-state index in [1.54, 1.807) is 0 Å². The van der Waals surface area contributed by atoms with Crippen LogP contribution >= 0.6 is 11.6 Å². The van der Waals surface area contributed by atoms with E-state index in [2.05, 4.69) is 19.2 Å². The highest BCUT2D eigenvalue weighted by Crippen LogP contribution is 2.26. The molecule has 0 radical (unpaired) electrons. The maximum atomic E-state index is 6.02. The van der Waals surface area contributed by atoms with Gasteiger partial charge in [0.2, 0.25) is 0 Å². The molecule has 0 unspecified atom stereocenters. The minimum atomic E-state index is 0.631. The number of benzene rings is 1. The van der Waals surface area contributed by atoms with Gasteiger partial charge in [-0.3, -0.25) is 0 Å². The first-order chi connectivity index (χ1) is 8.65. The van der Waals surface area contributed by atoms with Crippen LogP contribution in [-0.4, -0.2) is 6.54 Å². The molecule has 0 spiro atoms. The molecule has 0 aromatic heterocycles. The van der Waals surface area contributed by atoms with Gasteiger partial charge in [0.1, 0.15) is 0 Å². The molecule has 0 aliphatic rings. The largest absolute Gasteiger partial charge is 0.398 e. The molecule has 102 valence electrons. The highest BCUT2D eigenvalue weighted by molar-refractivity contribution is 6.33. The molecule has 18 heavy (non-hydrogen) atoms. The summed E-state index contributed by atoms with van der Waals surface area (Å²) >= 11 is 6.02. The molecule has 2 nitrogen and oxygen atoms in total. The van der Waals surface area contributed by atoms with E-state index in [1.807, 2.05) is 12.1 Å². The van der Waals surface area contributed by atoms with Gasteiger partial charge >= 0.3 is 0 Å². The third-order valence-corrected chi connectivity index (χ3v) is 3.52. The molecule has 0 amide bonds. The number of aryl methyl sites for hydroxylation is 1. The van der Waals surface area contributed by atoms with Crippen molar-refractivity contribution in [2.45, 2.75) is 52.4 Å². The van der Waals surface area contributed by atoms with Crippen LogP contribution in [0.25, 0.3) is 0 Å². The Morgan fingerprint density at radius 3 is 2.50 bits per heavy atom. The lowest BCUT2D eigenvalue weighted by molar-refractivity contribution is 0.617. The van der Waals surface area contributed by atoms with Crippen molar-refractivity contribution >= 4 is 23.0 Å². The predicted molar refractivity (Wildman–Crippen MR) is 82.5 cm³/mol. The van der Waals surface area contributed by atoms with Crippen LogP contribution in [0.15, 0.2) is 12.1 Å². The molecule has 1 rings (SSSR count). The Labute approximate surface area is 116 Å². The van der Waals surface area contributed by atoms with Gasteiger partial charge in [-0.25, -0.2) is 0 Å². The zero-order valence-corrected chi connectivity index (χ0v) is 12.3. The maximum Gasteiger partial charge on any atom is 0.0656 e. The first kappa shape index (κ1) is 15.2. The number of hydrogen-bond acceptors (Lipinski definition) is 2. The lowest BCUT2D eigenvalue weighted by Gasteiger charge is -2.11. The first-order valence-electron chi connectivity index (χ1n) is 6.94. The normalized spacial score (nSPS) is 10.6. The number of hydrogen-bond donors (Lipinski definition) is 2. The average Bonchev–Trinajstić information content (AvgIpc) is 2.34. The molecule has 0 aliphatic carbocycles. The standard InChI is InChI=1S/C15H25ClN2/c1-3-4-5-6-7-8-9-18-15-11-13(16)14(17)10-12(15)2/h10-11,18H,3-9,17H2,1-2H3. The van der Waals surface area contributed by atoms with Crippen molar-refractivity contribution < 1.29 is 0 Å². The van der Waals surface area contributed by atoms with E-state index < -0.39 is 0 Å². The fraction of sp³-hybridized carbons (Fsp3) is 0.600. The smallest absolute Gasteiger partial charge is 0.0656 e. The van der Waals surface area contributed by atoms with E-state index in [0.717, 1.165) is 17.8 Å². The molecule has 3 N–H and O–H groups in total. The van der Waals surface area contributed by atoms with Gasteiger partial charge in [0, 0.05) is 12.2 Å². The number of nitrogens with two attached hydrogens (primary N) is 1. The second-order valence-electron chi connectivity index (χ2n) is 4.88. The summed E-state index contributed by atoms with van der Waals surface area (Å²) in [5, 5.41) is 4.06. The van der Waals surface area contributed by atoms with Crippen molar-refractivity contribution in [3.05, 3.63) is 22.7 Å². The molecular weight excluding hydrogens is 244 g/mol. The van der Waals surface area contributed by atoms with Crippen LogP contribution in [0.1, 0.15) is 51.0 Å². The lowest BCUT2D eigenvalue weighted by atomic mass is 10.1. The van der Waals surface area contributed by atoms with Crippen molar-refractivity contribution in [3.8, 4) is 0 Å². The molecule has 0 fully saturated rings. The molecule has 0 saturated heterocycles. The van der Waals surface area contributed by atoms with E-state index in [9.17, 15) is 0 Å². The fourth-order valence-electron chi connectivity index (χ4n) is 2.02. The second kappa shape index (κ2) is 8.25. The van der Waals surface area contributed by atoms with E-state index >= 15 is 0 Å². The number of halogens is 1. The van der Waals surface area contributed by atoms with Crippen LogP contribution in [-0.2, 0) is 0 Å². The fourth-order valence-corrected chi connectivity index (χ4v) is 2.19. The first-order valence-corrected chi connectivity index (χ1v) is 7.32. The monoisotopic (exact) mass is 268 g/mol. The zero-order chi connectivity index (χ0) is 13.4. The number of nitrogens with one attached hydrogen (secondary N) is 1. The third kappa shape index (κ3) is 5.18. The predicted octanol–water partition coefficient (Wildman–Crippen LogP) is 5.00. The van der Waals surface area contributed by atoms with Gasteiger partial charge in [-0.15, -0.1) is 0 Å². The Morgan fingerprint density at radius 2 is 1.78 bits per heavy atom. The van der Waals surface area contributed by atoms with Crippen LogP contribution in [0.3, 0.4) is 0 Å². The highest BCUT2D eigenvalue weighted by atomic mass is 35.5. The van der Waals surface area contributed by atoms with Crippen LogP contribution in [0.2, 0.25) is 5.02 Å². The van der Waals surface area contributed by atoms with Crippen LogP contribution in [0.5, 0.6) is 0 Å². The second-order valence-corrected chi connectivity index (χ2v) is 5.29. The van der Waals surface area contributed by atoms with E-state index in [0.29, 0.717) is 10.7 Å². The Morgan fingerprint density at radius 1 is 1.11 bits per heavy atom. The molecule has 0 saturated carbocycles. The Kier molecular flexibility index (Phi) is 6.96.